The normalized spacial score (nSPS) is 13.3. The van der Waals surface area contributed by atoms with Crippen molar-refractivity contribution < 1.29 is 37.2 Å². The molecule has 1 radical (unpaired) electrons. The van der Waals surface area contributed by atoms with E-state index in [1.54, 1.807) is 41.5 Å². The molecule has 0 amide bonds. The first kappa shape index (κ1) is 21.2. The summed E-state index contributed by atoms with van der Waals surface area (Å²) in [6.07, 6.45) is 0. The van der Waals surface area contributed by atoms with E-state index < -0.39 is 11.1 Å². The first-order chi connectivity index (χ1) is 6.96. The van der Waals surface area contributed by atoms with Gasteiger partial charge in [0.25, 0.3) is 0 Å². The van der Waals surface area contributed by atoms with Crippen LogP contribution in [0.4, 0.5) is 0 Å². The van der Waals surface area contributed by atoms with Crippen molar-refractivity contribution in [1.29, 1.82) is 0 Å². The Morgan fingerprint density at radius 1 is 0.765 bits per heavy atom. The Bertz CT molecular complexity index is 240. The second-order valence-corrected chi connectivity index (χ2v) is 5.07. The van der Waals surface area contributed by atoms with Gasteiger partial charge in [0.1, 0.15) is 0 Å². The number of rotatable bonds is 0. The zero-order chi connectivity index (χ0) is 13.6. The quantitative estimate of drug-likeness (QED) is 0.309. The predicted octanol–water partition coefficient (Wildman–Crippen LogP) is 2.27. The molecule has 0 aliphatic carbocycles. The van der Waals surface area contributed by atoms with Crippen molar-refractivity contribution in [1.82, 2.24) is 0 Å². The molecular weight excluding hydrogens is 280 g/mol. The molecule has 8 nitrogen and oxygen atoms in total. The van der Waals surface area contributed by atoms with Gasteiger partial charge in [0.15, 0.2) is 21.6 Å². The average molecular weight is 300 g/mol. The third-order valence-electron chi connectivity index (χ3n) is 1.31. The van der Waals surface area contributed by atoms with Gasteiger partial charge in [-0.25, -0.2) is 0 Å². The smallest absolute Gasteiger partial charge is 0.197 e. The maximum Gasteiger partial charge on any atom is 0.197 e. The van der Waals surface area contributed by atoms with Gasteiger partial charge in [-0.2, -0.15) is 0 Å². The predicted molar refractivity (Wildman–Crippen MR) is 55.2 cm³/mol. The molecule has 0 spiro atoms. The summed E-state index contributed by atoms with van der Waals surface area (Å²) in [4.78, 5) is 0.486. The Hall–Kier alpha value is -1.08. The molecule has 0 atom stereocenters. The molecule has 9 heteroatoms. The molecule has 0 saturated heterocycles. The SMILES string of the molecule is CC(C)(C)/[N+]([O-])=N/O.CC(C)(C)/[N+]([O-])=N/O.[Cu]. The minimum atomic E-state index is -0.630. The molecule has 0 unspecified atom stereocenters. The molecule has 0 aliphatic rings. The largest absolute Gasteiger partial charge is 0.597 e. The molecule has 107 valence electrons. The number of hydrogen-bond acceptors (Lipinski definition) is 4. The summed E-state index contributed by atoms with van der Waals surface area (Å²) in [7, 11) is 0. The van der Waals surface area contributed by atoms with Gasteiger partial charge in [-0.15, -0.1) is 0 Å². The summed E-state index contributed by atoms with van der Waals surface area (Å²) in [6.45, 7) is 9.91. The van der Waals surface area contributed by atoms with E-state index in [4.69, 9.17) is 10.4 Å². The van der Waals surface area contributed by atoms with Gasteiger partial charge in [0.2, 0.25) is 0 Å². The van der Waals surface area contributed by atoms with Crippen LogP contribution in [0.2, 0.25) is 0 Å². The van der Waals surface area contributed by atoms with E-state index in [1.807, 2.05) is 0 Å². The van der Waals surface area contributed by atoms with E-state index >= 15 is 0 Å². The van der Waals surface area contributed by atoms with Gasteiger partial charge < -0.3 is 20.8 Å². The standard InChI is InChI=1S/2C4H10N2O2.Cu/c2*1-4(2,3)6(8)5-7;/h2*7H,1-3H3;/b2*6-5-;. The maximum absolute atomic E-state index is 10.3. The Balaban J connectivity index is -0.000000218. The summed E-state index contributed by atoms with van der Waals surface area (Å²) < 4.78 is 0. The molecule has 17 heavy (non-hydrogen) atoms. The summed E-state index contributed by atoms with van der Waals surface area (Å²) in [5, 5.41) is 41.4. The first-order valence-corrected chi connectivity index (χ1v) is 4.61. The molecule has 0 saturated carbocycles. The van der Waals surface area contributed by atoms with Crippen LogP contribution in [0.5, 0.6) is 0 Å². The second kappa shape index (κ2) is 8.08. The molecular formula is C8H20CuN4O4. The summed E-state index contributed by atoms with van der Waals surface area (Å²) in [5.74, 6) is 0. The van der Waals surface area contributed by atoms with Crippen LogP contribution in [0.1, 0.15) is 41.5 Å². The van der Waals surface area contributed by atoms with Gasteiger partial charge in [-0.1, -0.05) is 9.72 Å². The van der Waals surface area contributed by atoms with Crippen LogP contribution in [-0.4, -0.2) is 31.2 Å². The number of nitrogens with zero attached hydrogens (tertiary/aromatic N) is 4. The summed E-state index contributed by atoms with van der Waals surface area (Å²) in [5.41, 5.74) is -1.26. The van der Waals surface area contributed by atoms with Crippen molar-refractivity contribution in [2.45, 2.75) is 52.6 Å². The van der Waals surface area contributed by atoms with Crippen LogP contribution in [0.3, 0.4) is 0 Å². The molecule has 0 aliphatic heterocycles. The van der Waals surface area contributed by atoms with Gasteiger partial charge in [-0.3, -0.25) is 0 Å². The molecule has 0 aromatic carbocycles. The molecule has 0 fully saturated rings. The third kappa shape index (κ3) is 11.2. The van der Waals surface area contributed by atoms with Crippen LogP contribution < -0.4 is 0 Å². The third-order valence-corrected chi connectivity index (χ3v) is 1.31. The fourth-order valence-corrected chi connectivity index (χ4v) is 0.268. The zero-order valence-electron chi connectivity index (χ0n) is 10.8. The Labute approximate surface area is 111 Å². The monoisotopic (exact) mass is 299 g/mol. The topological polar surface area (TPSA) is 117 Å². The van der Waals surface area contributed by atoms with Crippen LogP contribution in [0.25, 0.3) is 0 Å². The van der Waals surface area contributed by atoms with E-state index in [0.29, 0.717) is 0 Å². The molecule has 0 aromatic rings. The first-order valence-electron chi connectivity index (χ1n) is 4.61. The van der Waals surface area contributed by atoms with Crippen LogP contribution >= 0.6 is 0 Å². The van der Waals surface area contributed by atoms with Gasteiger partial charge in [-0.05, 0) is 0 Å². The van der Waals surface area contributed by atoms with Crippen molar-refractivity contribution in [2.75, 3.05) is 0 Å². The number of hydroxylamine groups is 2. The molecule has 0 heterocycles. The maximum atomic E-state index is 10.3. The van der Waals surface area contributed by atoms with Crippen molar-refractivity contribution in [3.05, 3.63) is 10.4 Å². The molecule has 0 rings (SSSR count). The minimum absolute atomic E-state index is 0. The second-order valence-electron chi connectivity index (χ2n) is 5.07. The van der Waals surface area contributed by atoms with Gasteiger partial charge in [0.05, 0.1) is 0 Å². The number of hydrogen-bond donors (Lipinski definition) is 2. The van der Waals surface area contributed by atoms with E-state index in [0.717, 1.165) is 0 Å². The fraction of sp³-hybridized carbons (Fsp3) is 1.00. The van der Waals surface area contributed by atoms with E-state index in [-0.39, 0.29) is 26.8 Å². The Morgan fingerprint density at radius 3 is 0.941 bits per heavy atom. The van der Waals surface area contributed by atoms with E-state index in [2.05, 4.69) is 10.6 Å². The van der Waals surface area contributed by atoms with E-state index in [9.17, 15) is 10.4 Å². The Kier molecular flexibility index (Phi) is 10.1. The van der Waals surface area contributed by atoms with Crippen molar-refractivity contribution in [3.8, 4) is 0 Å². The zero-order valence-corrected chi connectivity index (χ0v) is 11.7. The van der Waals surface area contributed by atoms with Crippen LogP contribution in [0.15, 0.2) is 10.6 Å². The van der Waals surface area contributed by atoms with Crippen LogP contribution in [-0.2, 0) is 17.1 Å². The Morgan fingerprint density at radius 2 is 0.941 bits per heavy atom. The van der Waals surface area contributed by atoms with Crippen molar-refractivity contribution >= 4 is 0 Å². The van der Waals surface area contributed by atoms with Crippen LogP contribution in [0, 0.1) is 10.4 Å². The van der Waals surface area contributed by atoms with E-state index in [1.165, 1.54) is 0 Å². The van der Waals surface area contributed by atoms with Gasteiger partial charge >= 0.3 is 0 Å². The van der Waals surface area contributed by atoms with Crippen molar-refractivity contribution in [3.63, 3.8) is 0 Å². The summed E-state index contributed by atoms with van der Waals surface area (Å²) >= 11 is 0. The minimum Gasteiger partial charge on any atom is -0.597 e. The van der Waals surface area contributed by atoms with Gasteiger partial charge in [0, 0.05) is 58.6 Å². The van der Waals surface area contributed by atoms with Crippen molar-refractivity contribution in [2.24, 2.45) is 10.6 Å². The molecule has 0 aromatic heterocycles. The fourth-order valence-electron chi connectivity index (χ4n) is 0.268. The molecule has 2 N–H and O–H groups in total. The summed E-state index contributed by atoms with van der Waals surface area (Å²) in [6, 6.07) is 0. The average Bonchev–Trinajstić information content (AvgIpc) is 2.13. The molecule has 0 bridgehead atoms.